The molecule has 1 aliphatic rings. The largest absolute Gasteiger partial charge is 0.493 e. The van der Waals surface area contributed by atoms with Crippen molar-refractivity contribution >= 4 is 34.0 Å². The van der Waals surface area contributed by atoms with Crippen molar-refractivity contribution in [2.24, 2.45) is 5.92 Å². The minimum Gasteiger partial charge on any atom is -0.493 e. The number of hydrogen-bond donors (Lipinski definition) is 2. The number of aliphatic hydroxyl groups is 1. The van der Waals surface area contributed by atoms with E-state index < -0.39 is 5.82 Å². The number of halogens is 2. The molecule has 2 N–H and O–H groups in total. The molecule has 6 nitrogen and oxygen atoms in total. The summed E-state index contributed by atoms with van der Waals surface area (Å²) in [5, 5.41) is 12.6. The summed E-state index contributed by atoms with van der Waals surface area (Å²) in [6.45, 7) is 6.36. The van der Waals surface area contributed by atoms with Crippen molar-refractivity contribution in [3.05, 3.63) is 47.5 Å². The Hall–Kier alpha value is -2.64. The first-order valence-electron chi connectivity index (χ1n) is 12.7. The van der Waals surface area contributed by atoms with Gasteiger partial charge in [0.2, 0.25) is 0 Å². The van der Waals surface area contributed by atoms with E-state index in [0.717, 1.165) is 50.9 Å². The average Bonchev–Trinajstić information content (AvgIpc) is 2.88. The summed E-state index contributed by atoms with van der Waals surface area (Å²) in [5.74, 6) is 1.95. The van der Waals surface area contributed by atoms with E-state index in [1.165, 1.54) is 12.4 Å². The first-order valence-corrected chi connectivity index (χ1v) is 13.1. The highest BCUT2D eigenvalue weighted by atomic mass is 35.5. The molecule has 1 aliphatic carbocycles. The maximum absolute atomic E-state index is 14.3. The van der Waals surface area contributed by atoms with Gasteiger partial charge in [0.25, 0.3) is 0 Å². The molecule has 1 fully saturated rings. The van der Waals surface area contributed by atoms with Gasteiger partial charge in [-0.2, -0.15) is 0 Å². The lowest BCUT2D eigenvalue weighted by atomic mass is 9.89. The third-order valence-corrected chi connectivity index (χ3v) is 6.77. The number of rotatable bonds is 8. The molecule has 0 saturated heterocycles. The fourth-order valence-electron chi connectivity index (χ4n) is 4.21. The molecule has 1 heterocycles. The number of aliphatic hydroxyl groups excluding tert-OH is 1. The fraction of sp³-hybridized carbons (Fsp3) is 0.500. The third kappa shape index (κ3) is 7.43. The fourth-order valence-corrected chi connectivity index (χ4v) is 4.38. The minimum atomic E-state index is -0.526. The van der Waals surface area contributed by atoms with Gasteiger partial charge in [-0.25, -0.2) is 14.4 Å². The molecule has 4 rings (SSSR count). The van der Waals surface area contributed by atoms with Crippen LogP contribution in [0.5, 0.6) is 11.5 Å². The predicted molar refractivity (Wildman–Crippen MR) is 144 cm³/mol. The van der Waals surface area contributed by atoms with Crippen LogP contribution in [0.2, 0.25) is 5.02 Å². The number of methoxy groups -OCH3 is 1. The van der Waals surface area contributed by atoms with Gasteiger partial charge in [-0.05, 0) is 62.6 Å². The number of aromatic nitrogens is 2. The van der Waals surface area contributed by atoms with Crippen LogP contribution in [-0.4, -0.2) is 34.4 Å². The Morgan fingerprint density at radius 3 is 2.53 bits per heavy atom. The van der Waals surface area contributed by atoms with Crippen LogP contribution in [0.25, 0.3) is 10.9 Å². The molecule has 36 heavy (non-hydrogen) atoms. The van der Waals surface area contributed by atoms with E-state index in [1.807, 2.05) is 19.1 Å². The summed E-state index contributed by atoms with van der Waals surface area (Å²) in [4.78, 5) is 8.62. The first-order chi connectivity index (χ1) is 17.4. The van der Waals surface area contributed by atoms with Crippen molar-refractivity contribution in [1.82, 2.24) is 9.97 Å². The Labute approximate surface area is 218 Å². The second-order valence-electron chi connectivity index (χ2n) is 9.32. The molecule has 0 radical (unpaired) electrons. The van der Waals surface area contributed by atoms with Gasteiger partial charge in [-0.1, -0.05) is 44.9 Å². The summed E-state index contributed by atoms with van der Waals surface area (Å²) in [7, 11) is 1.61. The molecular formula is C28H37ClFN3O3. The van der Waals surface area contributed by atoms with E-state index in [2.05, 4.69) is 29.1 Å². The second-order valence-corrected chi connectivity index (χ2v) is 9.73. The lowest BCUT2D eigenvalue weighted by Gasteiger charge is -2.27. The van der Waals surface area contributed by atoms with E-state index in [4.69, 9.17) is 26.2 Å². The number of benzene rings is 2. The molecular weight excluding hydrogens is 481 g/mol. The van der Waals surface area contributed by atoms with E-state index in [0.29, 0.717) is 28.2 Å². The molecule has 0 aliphatic heterocycles. The standard InChI is InChI=1S/C22H23ClFN3O2.C6H14O/c1-13-6-8-14(9-7-13)29-20-10-15-18(11-19(20)28-2)25-12-26-22(15)27-17-5-3-4-16(23)21(17)24;1-3-5-6(7)4-2/h3-5,10-14H,6-9H2,1-2H3,(H,25,26,27);6-7H,3-5H2,1-2H3/t;6-/m.1/s1. The zero-order valence-corrected chi connectivity index (χ0v) is 22.3. The number of fused-ring (bicyclic) bond motifs is 1. The number of hydrogen-bond acceptors (Lipinski definition) is 6. The molecule has 0 unspecified atom stereocenters. The molecule has 2 aromatic carbocycles. The van der Waals surface area contributed by atoms with Crippen LogP contribution in [0.1, 0.15) is 65.7 Å². The topological polar surface area (TPSA) is 76.5 Å². The maximum Gasteiger partial charge on any atom is 0.165 e. The molecule has 8 heteroatoms. The summed E-state index contributed by atoms with van der Waals surface area (Å²) in [5.41, 5.74) is 0.920. The van der Waals surface area contributed by atoms with Gasteiger partial charge in [-0.3, -0.25) is 0 Å². The number of nitrogens with zero attached hydrogens (tertiary/aromatic N) is 2. The van der Waals surface area contributed by atoms with Crippen molar-refractivity contribution in [3.63, 3.8) is 0 Å². The Kier molecular flexibility index (Phi) is 10.6. The summed E-state index contributed by atoms with van der Waals surface area (Å²) in [6, 6.07) is 8.47. The van der Waals surface area contributed by atoms with E-state index in [-0.39, 0.29) is 22.9 Å². The van der Waals surface area contributed by atoms with Gasteiger partial charge in [0.05, 0.1) is 35.5 Å². The van der Waals surface area contributed by atoms with E-state index >= 15 is 0 Å². The van der Waals surface area contributed by atoms with Gasteiger partial charge in [-0.15, -0.1) is 0 Å². The lowest BCUT2D eigenvalue weighted by Crippen LogP contribution is -2.23. The average molecular weight is 518 g/mol. The first kappa shape index (κ1) is 27.9. The normalized spacial score (nSPS) is 18.2. The Bertz CT molecular complexity index is 1120. The molecule has 3 aromatic rings. The Morgan fingerprint density at radius 1 is 1.14 bits per heavy atom. The van der Waals surface area contributed by atoms with Crippen molar-refractivity contribution in [1.29, 1.82) is 0 Å². The smallest absolute Gasteiger partial charge is 0.165 e. The van der Waals surface area contributed by atoms with Crippen LogP contribution in [0.4, 0.5) is 15.9 Å². The van der Waals surface area contributed by atoms with Gasteiger partial charge < -0.3 is 19.9 Å². The molecule has 1 saturated carbocycles. The second kappa shape index (κ2) is 13.6. The monoisotopic (exact) mass is 517 g/mol. The van der Waals surface area contributed by atoms with Gasteiger partial charge in [0, 0.05) is 11.5 Å². The van der Waals surface area contributed by atoms with Crippen molar-refractivity contribution in [2.75, 3.05) is 12.4 Å². The predicted octanol–water partition coefficient (Wildman–Crippen LogP) is 7.69. The van der Waals surface area contributed by atoms with Gasteiger partial charge in [0.15, 0.2) is 17.3 Å². The van der Waals surface area contributed by atoms with Crippen molar-refractivity contribution < 1.29 is 19.0 Å². The number of nitrogens with one attached hydrogen (secondary N) is 1. The van der Waals surface area contributed by atoms with Gasteiger partial charge >= 0.3 is 0 Å². The quantitative estimate of drug-likeness (QED) is 0.319. The minimum absolute atomic E-state index is 0.0468. The molecule has 1 aromatic heterocycles. The zero-order valence-electron chi connectivity index (χ0n) is 21.6. The lowest BCUT2D eigenvalue weighted by molar-refractivity contribution is 0.131. The maximum atomic E-state index is 14.3. The Morgan fingerprint density at radius 2 is 1.89 bits per heavy atom. The van der Waals surface area contributed by atoms with Crippen LogP contribution in [0.3, 0.4) is 0 Å². The molecule has 196 valence electrons. The Balaban J connectivity index is 0.000000454. The summed E-state index contributed by atoms with van der Waals surface area (Å²) < 4.78 is 26.1. The van der Waals surface area contributed by atoms with Crippen molar-refractivity contribution in [2.45, 2.75) is 77.9 Å². The molecule has 1 atom stereocenters. The highest BCUT2D eigenvalue weighted by molar-refractivity contribution is 6.31. The van der Waals surface area contributed by atoms with Gasteiger partial charge in [0.1, 0.15) is 12.1 Å². The summed E-state index contributed by atoms with van der Waals surface area (Å²) in [6.07, 6.45) is 8.83. The van der Waals surface area contributed by atoms with Crippen LogP contribution >= 0.6 is 11.6 Å². The molecule has 0 amide bonds. The van der Waals surface area contributed by atoms with Crippen LogP contribution in [0.15, 0.2) is 36.7 Å². The highest BCUT2D eigenvalue weighted by Gasteiger charge is 2.22. The van der Waals surface area contributed by atoms with Crippen LogP contribution in [-0.2, 0) is 0 Å². The van der Waals surface area contributed by atoms with E-state index in [1.54, 1.807) is 19.2 Å². The number of anilines is 2. The van der Waals surface area contributed by atoms with Crippen molar-refractivity contribution in [3.8, 4) is 11.5 Å². The zero-order chi connectivity index (χ0) is 26.1. The number of ether oxygens (including phenoxy) is 2. The third-order valence-electron chi connectivity index (χ3n) is 6.48. The summed E-state index contributed by atoms with van der Waals surface area (Å²) >= 11 is 5.90. The SMILES string of the molecule is CCC[C@H](O)CC.COc1cc2ncnc(Nc3cccc(Cl)c3F)c2cc1OC1CCC(C)CC1. The highest BCUT2D eigenvalue weighted by Crippen LogP contribution is 2.37. The van der Waals surface area contributed by atoms with Crippen LogP contribution < -0.4 is 14.8 Å². The van der Waals surface area contributed by atoms with E-state index in [9.17, 15) is 4.39 Å². The molecule has 0 spiro atoms. The van der Waals surface area contributed by atoms with Crippen LogP contribution in [0, 0.1) is 11.7 Å². The molecule has 0 bridgehead atoms.